The molecule has 0 aromatic heterocycles. The molecular weight excluding hydrogens is 260 g/mol. The highest BCUT2D eigenvalue weighted by molar-refractivity contribution is 5.85. The molecule has 1 aromatic rings. The van der Waals surface area contributed by atoms with E-state index in [-0.39, 0.29) is 0 Å². The Balaban J connectivity index is 2.70. The van der Waals surface area contributed by atoms with Crippen molar-refractivity contribution in [2.45, 2.75) is 13.0 Å². The summed E-state index contributed by atoms with van der Waals surface area (Å²) in [6, 6.07) is 5.44. The molecule has 0 spiro atoms. The number of rotatable bonds is 9. The summed E-state index contributed by atoms with van der Waals surface area (Å²) in [5.41, 5.74) is 1.69. The van der Waals surface area contributed by atoms with E-state index >= 15 is 0 Å². The fourth-order valence-corrected chi connectivity index (χ4v) is 1.65. The largest absolute Gasteiger partial charge is 0.497 e. The van der Waals surface area contributed by atoms with E-state index in [0.717, 1.165) is 23.6 Å². The summed E-state index contributed by atoms with van der Waals surface area (Å²) >= 11 is 0. The fraction of sp³-hybridized carbons (Fsp3) is 0.400. The van der Waals surface area contributed by atoms with E-state index in [2.05, 4.69) is 0 Å². The van der Waals surface area contributed by atoms with Crippen molar-refractivity contribution in [3.8, 4) is 5.75 Å². The monoisotopic (exact) mass is 280 g/mol. The molecule has 0 fully saturated rings. The summed E-state index contributed by atoms with van der Waals surface area (Å²) in [5.74, 6) is -0.263. The number of carboxylic acids is 1. The Kier molecular flexibility index (Phi) is 7.39. The summed E-state index contributed by atoms with van der Waals surface area (Å²) in [4.78, 5) is 10.6. The van der Waals surface area contributed by atoms with Gasteiger partial charge in [-0.1, -0.05) is 6.07 Å². The maximum absolute atomic E-state index is 10.6. The predicted octanol–water partition coefficient (Wildman–Crippen LogP) is 2.35. The first-order chi connectivity index (χ1) is 9.67. The summed E-state index contributed by atoms with van der Waals surface area (Å²) in [7, 11) is 3.24. The van der Waals surface area contributed by atoms with Crippen molar-refractivity contribution in [1.29, 1.82) is 0 Å². The van der Waals surface area contributed by atoms with Gasteiger partial charge in [-0.2, -0.15) is 0 Å². The first-order valence-corrected chi connectivity index (χ1v) is 6.32. The van der Waals surface area contributed by atoms with Crippen LogP contribution in [0.4, 0.5) is 0 Å². The molecule has 0 atom stereocenters. The lowest BCUT2D eigenvalue weighted by Gasteiger charge is -2.09. The summed E-state index contributed by atoms with van der Waals surface area (Å²) in [6.45, 7) is 1.65. The average molecular weight is 280 g/mol. The zero-order valence-corrected chi connectivity index (χ0v) is 11.8. The van der Waals surface area contributed by atoms with E-state index in [1.807, 2.05) is 12.1 Å². The second-order valence-corrected chi connectivity index (χ2v) is 4.14. The molecule has 0 saturated carbocycles. The minimum Gasteiger partial charge on any atom is -0.497 e. The number of hydrogen-bond donors (Lipinski definition) is 1. The second-order valence-electron chi connectivity index (χ2n) is 4.14. The highest BCUT2D eigenvalue weighted by Crippen LogP contribution is 2.20. The second kappa shape index (κ2) is 9.12. The zero-order chi connectivity index (χ0) is 14.8. The molecule has 1 N–H and O–H groups in total. The molecule has 5 nitrogen and oxygen atoms in total. The van der Waals surface area contributed by atoms with Crippen LogP contribution in [-0.4, -0.2) is 38.5 Å². The number of carbonyl (C=O) groups is 1. The van der Waals surface area contributed by atoms with Crippen LogP contribution in [0.1, 0.15) is 17.5 Å². The molecule has 0 bridgehead atoms. The third-order valence-electron chi connectivity index (χ3n) is 2.65. The molecule has 0 heterocycles. The van der Waals surface area contributed by atoms with Crippen molar-refractivity contribution in [3.05, 3.63) is 35.4 Å². The van der Waals surface area contributed by atoms with Crippen LogP contribution < -0.4 is 4.74 Å². The first-order valence-electron chi connectivity index (χ1n) is 6.32. The molecule has 1 rings (SSSR count). The van der Waals surface area contributed by atoms with E-state index in [1.54, 1.807) is 26.4 Å². The maximum atomic E-state index is 10.6. The number of hydrogen-bond acceptors (Lipinski definition) is 4. The van der Waals surface area contributed by atoms with Gasteiger partial charge in [0.2, 0.25) is 0 Å². The molecule has 0 saturated heterocycles. The summed E-state index contributed by atoms with van der Waals surface area (Å²) in [5, 5.41) is 8.68. The van der Waals surface area contributed by atoms with Gasteiger partial charge in [-0.15, -0.1) is 0 Å². The average Bonchev–Trinajstić information content (AvgIpc) is 2.45. The quantitative estimate of drug-likeness (QED) is 0.555. The topological polar surface area (TPSA) is 65.0 Å². The zero-order valence-electron chi connectivity index (χ0n) is 11.8. The van der Waals surface area contributed by atoms with Crippen molar-refractivity contribution in [2.75, 3.05) is 27.4 Å². The van der Waals surface area contributed by atoms with Gasteiger partial charge in [0.25, 0.3) is 0 Å². The number of benzene rings is 1. The van der Waals surface area contributed by atoms with Gasteiger partial charge in [-0.05, 0) is 35.8 Å². The number of methoxy groups -OCH3 is 2. The first kappa shape index (κ1) is 16.2. The van der Waals surface area contributed by atoms with Gasteiger partial charge in [-0.25, -0.2) is 4.79 Å². The molecular formula is C15H20O5. The van der Waals surface area contributed by atoms with Crippen LogP contribution >= 0.6 is 0 Å². The lowest BCUT2D eigenvalue weighted by atomic mass is 10.1. The molecule has 0 aliphatic rings. The Morgan fingerprint density at radius 1 is 1.30 bits per heavy atom. The minimum absolute atomic E-state index is 0.403. The Morgan fingerprint density at radius 3 is 2.75 bits per heavy atom. The van der Waals surface area contributed by atoms with Crippen LogP contribution in [0.3, 0.4) is 0 Å². The third-order valence-corrected chi connectivity index (χ3v) is 2.65. The van der Waals surface area contributed by atoms with Gasteiger partial charge in [0.05, 0.1) is 13.7 Å². The Bertz CT molecular complexity index is 454. The van der Waals surface area contributed by atoms with Crippen LogP contribution in [-0.2, 0) is 20.9 Å². The Hall–Kier alpha value is -1.85. The summed E-state index contributed by atoms with van der Waals surface area (Å²) < 4.78 is 15.7. The predicted molar refractivity (Wildman–Crippen MR) is 75.8 cm³/mol. The minimum atomic E-state index is -0.979. The van der Waals surface area contributed by atoms with Crippen molar-refractivity contribution in [3.63, 3.8) is 0 Å². The molecule has 0 aliphatic carbocycles. The number of carboxylic acid groups (broad SMARTS) is 1. The van der Waals surface area contributed by atoms with Crippen LogP contribution in [0.15, 0.2) is 24.3 Å². The van der Waals surface area contributed by atoms with Crippen LogP contribution in [0.5, 0.6) is 5.75 Å². The van der Waals surface area contributed by atoms with E-state index in [9.17, 15) is 4.79 Å². The van der Waals surface area contributed by atoms with Crippen molar-refractivity contribution in [1.82, 2.24) is 0 Å². The highest BCUT2D eigenvalue weighted by atomic mass is 16.5. The molecule has 0 radical (unpaired) electrons. The van der Waals surface area contributed by atoms with Gasteiger partial charge in [-0.3, -0.25) is 0 Å². The molecule has 0 unspecified atom stereocenters. The van der Waals surface area contributed by atoms with E-state index in [0.29, 0.717) is 25.6 Å². The molecule has 5 heteroatoms. The van der Waals surface area contributed by atoms with E-state index in [4.69, 9.17) is 19.3 Å². The van der Waals surface area contributed by atoms with Crippen molar-refractivity contribution in [2.24, 2.45) is 0 Å². The molecule has 0 aliphatic heterocycles. The Labute approximate surface area is 118 Å². The van der Waals surface area contributed by atoms with Gasteiger partial charge in [0.1, 0.15) is 5.75 Å². The molecule has 0 amide bonds. The maximum Gasteiger partial charge on any atom is 0.328 e. The van der Waals surface area contributed by atoms with Gasteiger partial charge in [0.15, 0.2) is 0 Å². The normalized spacial score (nSPS) is 10.9. The lowest BCUT2D eigenvalue weighted by molar-refractivity contribution is -0.131. The lowest BCUT2D eigenvalue weighted by Crippen LogP contribution is -2.01. The Morgan fingerprint density at radius 2 is 2.10 bits per heavy atom. The third kappa shape index (κ3) is 5.86. The van der Waals surface area contributed by atoms with Gasteiger partial charge < -0.3 is 19.3 Å². The van der Waals surface area contributed by atoms with Crippen LogP contribution in [0, 0.1) is 0 Å². The fourth-order valence-electron chi connectivity index (χ4n) is 1.65. The van der Waals surface area contributed by atoms with Crippen LogP contribution in [0.2, 0.25) is 0 Å². The smallest absolute Gasteiger partial charge is 0.328 e. The van der Waals surface area contributed by atoms with Gasteiger partial charge >= 0.3 is 5.97 Å². The van der Waals surface area contributed by atoms with Crippen molar-refractivity contribution >= 4 is 12.0 Å². The van der Waals surface area contributed by atoms with Crippen molar-refractivity contribution < 1.29 is 24.1 Å². The van der Waals surface area contributed by atoms with Gasteiger partial charge in [0, 0.05) is 26.4 Å². The highest BCUT2D eigenvalue weighted by Gasteiger charge is 2.03. The van der Waals surface area contributed by atoms with E-state index < -0.39 is 5.97 Å². The SMILES string of the molecule is COCCCOCc1cc(OC)ccc1C=CC(=O)O. The summed E-state index contributed by atoms with van der Waals surface area (Å²) in [6.07, 6.45) is 3.48. The number of aliphatic carboxylic acids is 1. The number of ether oxygens (including phenoxy) is 3. The standard InChI is InChI=1S/C15H20O5/c1-18-8-3-9-20-11-13-10-14(19-2)6-4-12(13)5-7-15(16)17/h4-7,10H,3,8-9,11H2,1-2H3,(H,16,17). The molecule has 1 aromatic carbocycles. The molecule has 110 valence electrons. The van der Waals surface area contributed by atoms with E-state index in [1.165, 1.54) is 0 Å². The molecule has 20 heavy (non-hydrogen) atoms. The van der Waals surface area contributed by atoms with Crippen LogP contribution in [0.25, 0.3) is 6.08 Å².